The van der Waals surface area contributed by atoms with Crippen LogP contribution in [0.1, 0.15) is 5.56 Å². The molecule has 4 aromatic rings. The van der Waals surface area contributed by atoms with Crippen molar-refractivity contribution < 1.29 is 4.42 Å². The van der Waals surface area contributed by atoms with Crippen molar-refractivity contribution in [1.29, 1.82) is 0 Å². The Morgan fingerprint density at radius 1 is 0.750 bits per heavy atom. The molecular formula is C19H14O. The minimum absolute atomic E-state index is 0.939. The first-order chi connectivity index (χ1) is 9.83. The molecule has 0 bridgehead atoms. The van der Waals surface area contributed by atoms with E-state index in [9.17, 15) is 0 Å². The maximum absolute atomic E-state index is 5.98. The first-order valence-electron chi connectivity index (χ1n) is 6.80. The Labute approximate surface area is 117 Å². The largest absolute Gasteiger partial charge is 0.456 e. The molecule has 96 valence electrons. The van der Waals surface area contributed by atoms with Crippen LogP contribution in [0.3, 0.4) is 0 Å². The SMILES string of the molecule is Cc1c(-c2cc3ccccc3o2)ccc2ccccc12. The molecular weight excluding hydrogens is 244 g/mol. The van der Waals surface area contributed by atoms with Gasteiger partial charge in [0.15, 0.2) is 0 Å². The molecule has 4 rings (SSSR count). The first kappa shape index (κ1) is 11.3. The summed E-state index contributed by atoms with van der Waals surface area (Å²) in [6, 6.07) is 23.0. The Kier molecular flexibility index (Phi) is 2.40. The van der Waals surface area contributed by atoms with E-state index in [2.05, 4.69) is 55.5 Å². The van der Waals surface area contributed by atoms with Gasteiger partial charge >= 0.3 is 0 Å². The number of furan rings is 1. The van der Waals surface area contributed by atoms with Gasteiger partial charge in [0, 0.05) is 10.9 Å². The fourth-order valence-corrected chi connectivity index (χ4v) is 2.81. The van der Waals surface area contributed by atoms with Crippen LogP contribution < -0.4 is 0 Å². The molecule has 0 saturated heterocycles. The highest BCUT2D eigenvalue weighted by molar-refractivity contribution is 5.92. The Morgan fingerprint density at radius 2 is 1.50 bits per heavy atom. The van der Waals surface area contributed by atoms with Crippen molar-refractivity contribution in [2.24, 2.45) is 0 Å². The van der Waals surface area contributed by atoms with Gasteiger partial charge in [-0.1, -0.05) is 54.6 Å². The number of aryl methyl sites for hydroxylation is 1. The Hall–Kier alpha value is -2.54. The maximum atomic E-state index is 5.98. The second-order valence-electron chi connectivity index (χ2n) is 5.11. The fraction of sp³-hybridized carbons (Fsp3) is 0.0526. The molecule has 0 N–H and O–H groups in total. The molecule has 0 aliphatic heterocycles. The first-order valence-corrected chi connectivity index (χ1v) is 6.80. The van der Waals surface area contributed by atoms with Crippen molar-refractivity contribution in [1.82, 2.24) is 0 Å². The summed E-state index contributed by atoms with van der Waals surface area (Å²) in [6.07, 6.45) is 0. The van der Waals surface area contributed by atoms with E-state index in [4.69, 9.17) is 4.42 Å². The third-order valence-electron chi connectivity index (χ3n) is 3.89. The number of benzene rings is 3. The van der Waals surface area contributed by atoms with E-state index in [1.165, 1.54) is 21.9 Å². The zero-order chi connectivity index (χ0) is 13.5. The monoisotopic (exact) mass is 258 g/mol. The topological polar surface area (TPSA) is 13.1 Å². The van der Waals surface area contributed by atoms with Gasteiger partial charge in [0.2, 0.25) is 0 Å². The van der Waals surface area contributed by atoms with Gasteiger partial charge in [-0.15, -0.1) is 0 Å². The van der Waals surface area contributed by atoms with Crippen molar-refractivity contribution in [3.8, 4) is 11.3 Å². The smallest absolute Gasteiger partial charge is 0.135 e. The van der Waals surface area contributed by atoms with Crippen LogP contribution in [0.25, 0.3) is 33.1 Å². The number of fused-ring (bicyclic) bond motifs is 2. The number of para-hydroxylation sites is 1. The minimum atomic E-state index is 0.939. The standard InChI is InChI=1S/C19H14O/c1-13-16-8-4-2-6-14(16)10-11-17(13)19-12-15-7-3-5-9-18(15)20-19/h2-12H,1H3. The van der Waals surface area contributed by atoms with Crippen LogP contribution in [0.15, 0.2) is 71.1 Å². The highest BCUT2D eigenvalue weighted by atomic mass is 16.3. The molecule has 0 fully saturated rings. The predicted molar refractivity (Wildman–Crippen MR) is 83.9 cm³/mol. The lowest BCUT2D eigenvalue weighted by atomic mass is 9.98. The van der Waals surface area contributed by atoms with Gasteiger partial charge < -0.3 is 4.42 Å². The van der Waals surface area contributed by atoms with E-state index in [0.29, 0.717) is 0 Å². The van der Waals surface area contributed by atoms with Gasteiger partial charge in [-0.3, -0.25) is 0 Å². The van der Waals surface area contributed by atoms with E-state index in [0.717, 1.165) is 16.7 Å². The van der Waals surface area contributed by atoms with Crippen LogP contribution >= 0.6 is 0 Å². The lowest BCUT2D eigenvalue weighted by molar-refractivity contribution is 0.631. The van der Waals surface area contributed by atoms with E-state index in [1.54, 1.807) is 0 Å². The summed E-state index contributed by atoms with van der Waals surface area (Å²) >= 11 is 0. The summed E-state index contributed by atoms with van der Waals surface area (Å²) < 4.78 is 5.98. The van der Waals surface area contributed by atoms with Gasteiger partial charge in [-0.25, -0.2) is 0 Å². The van der Waals surface area contributed by atoms with Gasteiger partial charge in [-0.05, 0) is 35.4 Å². The second kappa shape index (κ2) is 4.24. The number of hydrogen-bond donors (Lipinski definition) is 0. The Bertz CT molecular complexity index is 882. The van der Waals surface area contributed by atoms with Crippen molar-refractivity contribution >= 4 is 21.7 Å². The average Bonchev–Trinajstić information content (AvgIpc) is 2.91. The van der Waals surface area contributed by atoms with Gasteiger partial charge in [0.05, 0.1) is 0 Å². The van der Waals surface area contributed by atoms with Crippen LogP contribution in [0.5, 0.6) is 0 Å². The van der Waals surface area contributed by atoms with Crippen LogP contribution in [0.2, 0.25) is 0 Å². The minimum Gasteiger partial charge on any atom is -0.456 e. The molecule has 1 heterocycles. The normalized spacial score (nSPS) is 11.2. The molecule has 0 amide bonds. The van der Waals surface area contributed by atoms with Crippen LogP contribution in [-0.2, 0) is 0 Å². The quantitative estimate of drug-likeness (QED) is 0.435. The lowest BCUT2D eigenvalue weighted by Gasteiger charge is -2.07. The molecule has 0 spiro atoms. The maximum Gasteiger partial charge on any atom is 0.135 e. The summed E-state index contributed by atoms with van der Waals surface area (Å²) in [5.41, 5.74) is 3.37. The summed E-state index contributed by atoms with van der Waals surface area (Å²) in [5.74, 6) is 0.939. The third-order valence-corrected chi connectivity index (χ3v) is 3.89. The fourth-order valence-electron chi connectivity index (χ4n) is 2.81. The molecule has 0 saturated carbocycles. The Morgan fingerprint density at radius 3 is 2.35 bits per heavy atom. The molecule has 0 aliphatic rings. The van der Waals surface area contributed by atoms with Crippen LogP contribution in [-0.4, -0.2) is 0 Å². The molecule has 20 heavy (non-hydrogen) atoms. The molecule has 1 nitrogen and oxygen atoms in total. The third kappa shape index (κ3) is 1.64. The molecule has 1 aromatic heterocycles. The number of rotatable bonds is 1. The highest BCUT2D eigenvalue weighted by Gasteiger charge is 2.10. The van der Waals surface area contributed by atoms with E-state index < -0.39 is 0 Å². The lowest BCUT2D eigenvalue weighted by Crippen LogP contribution is -1.83. The van der Waals surface area contributed by atoms with Gasteiger partial charge in [0.25, 0.3) is 0 Å². The van der Waals surface area contributed by atoms with Crippen molar-refractivity contribution in [2.45, 2.75) is 6.92 Å². The summed E-state index contributed by atoms with van der Waals surface area (Å²) in [4.78, 5) is 0. The van der Waals surface area contributed by atoms with Crippen LogP contribution in [0, 0.1) is 6.92 Å². The van der Waals surface area contributed by atoms with E-state index >= 15 is 0 Å². The molecule has 3 aromatic carbocycles. The highest BCUT2D eigenvalue weighted by Crippen LogP contribution is 2.33. The van der Waals surface area contributed by atoms with Gasteiger partial charge in [0.1, 0.15) is 11.3 Å². The molecule has 0 atom stereocenters. The zero-order valence-corrected chi connectivity index (χ0v) is 11.3. The summed E-state index contributed by atoms with van der Waals surface area (Å²) in [6.45, 7) is 2.16. The molecule has 0 aliphatic carbocycles. The zero-order valence-electron chi connectivity index (χ0n) is 11.3. The van der Waals surface area contributed by atoms with E-state index in [-0.39, 0.29) is 0 Å². The van der Waals surface area contributed by atoms with Crippen molar-refractivity contribution in [3.63, 3.8) is 0 Å². The van der Waals surface area contributed by atoms with E-state index in [1.807, 2.05) is 18.2 Å². The summed E-state index contributed by atoms with van der Waals surface area (Å²) in [5, 5.41) is 3.70. The molecule has 0 radical (unpaired) electrons. The molecule has 1 heteroatoms. The summed E-state index contributed by atoms with van der Waals surface area (Å²) in [7, 11) is 0. The molecule has 0 unspecified atom stereocenters. The Balaban J connectivity index is 1.99. The second-order valence-corrected chi connectivity index (χ2v) is 5.11. The van der Waals surface area contributed by atoms with Crippen molar-refractivity contribution in [2.75, 3.05) is 0 Å². The van der Waals surface area contributed by atoms with Gasteiger partial charge in [-0.2, -0.15) is 0 Å². The average molecular weight is 258 g/mol. The predicted octanol–water partition coefficient (Wildman–Crippen LogP) is 5.56. The van der Waals surface area contributed by atoms with Crippen LogP contribution in [0.4, 0.5) is 0 Å². The van der Waals surface area contributed by atoms with Crippen molar-refractivity contribution in [3.05, 3.63) is 72.3 Å². The number of hydrogen-bond acceptors (Lipinski definition) is 1.